The zero-order valence-corrected chi connectivity index (χ0v) is 14.5. The maximum atomic E-state index is 11.9. The van der Waals surface area contributed by atoms with Gasteiger partial charge in [-0.2, -0.15) is 0 Å². The zero-order valence-electron chi connectivity index (χ0n) is 14.5. The molecule has 0 aromatic heterocycles. The number of ether oxygens (including phenoxy) is 1. The number of methoxy groups -OCH3 is 1. The van der Waals surface area contributed by atoms with E-state index in [1.165, 1.54) is 11.1 Å². The van der Waals surface area contributed by atoms with Gasteiger partial charge in [0.15, 0.2) is 0 Å². The smallest absolute Gasteiger partial charge is 0.225 e. The molecule has 1 amide bonds. The van der Waals surface area contributed by atoms with Crippen LogP contribution in [0.3, 0.4) is 0 Å². The molecule has 4 heteroatoms. The zero-order chi connectivity index (χ0) is 17.2. The maximum Gasteiger partial charge on any atom is 0.225 e. The molecule has 2 aromatic rings. The van der Waals surface area contributed by atoms with Gasteiger partial charge in [-0.3, -0.25) is 4.79 Å². The second-order valence-electron chi connectivity index (χ2n) is 5.70. The highest BCUT2D eigenvalue weighted by Crippen LogP contribution is 2.12. The molecule has 0 saturated carbocycles. The van der Waals surface area contributed by atoms with Crippen LogP contribution in [0.1, 0.15) is 24.5 Å². The Morgan fingerprint density at radius 3 is 2.54 bits per heavy atom. The fourth-order valence-corrected chi connectivity index (χ4v) is 2.43. The summed E-state index contributed by atoms with van der Waals surface area (Å²) in [6.45, 7) is 3.62. The normalized spacial score (nSPS) is 10.4. The number of nitrogens with one attached hydrogen (secondary N) is 2. The lowest BCUT2D eigenvalue weighted by atomic mass is 10.1. The monoisotopic (exact) mass is 326 g/mol. The first kappa shape index (κ1) is 18.0. The SMILES string of the molecule is CCc1ccc(NC(=O)CCNCCc2cccc(OC)c2)cc1. The second-order valence-corrected chi connectivity index (χ2v) is 5.70. The first-order valence-electron chi connectivity index (χ1n) is 8.43. The van der Waals surface area contributed by atoms with Gasteiger partial charge in [-0.1, -0.05) is 31.2 Å². The molecule has 0 spiro atoms. The molecule has 0 radical (unpaired) electrons. The number of hydrogen-bond donors (Lipinski definition) is 2. The molecule has 0 fully saturated rings. The van der Waals surface area contributed by atoms with Crippen molar-refractivity contribution in [2.24, 2.45) is 0 Å². The first-order valence-corrected chi connectivity index (χ1v) is 8.43. The Morgan fingerprint density at radius 2 is 1.83 bits per heavy atom. The van der Waals surface area contributed by atoms with Crippen LogP contribution < -0.4 is 15.4 Å². The summed E-state index contributed by atoms with van der Waals surface area (Å²) in [5.41, 5.74) is 3.35. The van der Waals surface area contributed by atoms with Gasteiger partial charge in [-0.15, -0.1) is 0 Å². The van der Waals surface area contributed by atoms with Crippen LogP contribution in [0.5, 0.6) is 5.75 Å². The van der Waals surface area contributed by atoms with Crippen molar-refractivity contribution in [3.05, 3.63) is 59.7 Å². The van der Waals surface area contributed by atoms with Gasteiger partial charge >= 0.3 is 0 Å². The van der Waals surface area contributed by atoms with Crippen LogP contribution in [-0.4, -0.2) is 26.1 Å². The predicted molar refractivity (Wildman–Crippen MR) is 98.6 cm³/mol. The largest absolute Gasteiger partial charge is 0.497 e. The van der Waals surface area contributed by atoms with Gasteiger partial charge in [0.25, 0.3) is 0 Å². The molecular formula is C20H26N2O2. The van der Waals surface area contributed by atoms with Crippen LogP contribution in [0, 0.1) is 0 Å². The van der Waals surface area contributed by atoms with Crippen LogP contribution in [0.15, 0.2) is 48.5 Å². The third-order valence-corrected chi connectivity index (χ3v) is 3.90. The van der Waals surface area contributed by atoms with Crippen LogP contribution in [0.4, 0.5) is 5.69 Å². The minimum atomic E-state index is 0.0353. The van der Waals surface area contributed by atoms with Crippen molar-refractivity contribution >= 4 is 11.6 Å². The summed E-state index contributed by atoms with van der Waals surface area (Å²) in [6, 6.07) is 16.0. The number of anilines is 1. The Labute approximate surface area is 144 Å². The average Bonchev–Trinajstić information content (AvgIpc) is 2.62. The highest BCUT2D eigenvalue weighted by atomic mass is 16.5. The average molecular weight is 326 g/mol. The van der Waals surface area contributed by atoms with Crippen LogP contribution in [-0.2, 0) is 17.6 Å². The summed E-state index contributed by atoms with van der Waals surface area (Å²) in [6.07, 6.45) is 2.39. The van der Waals surface area contributed by atoms with E-state index in [0.717, 1.165) is 30.8 Å². The second kappa shape index (κ2) is 9.73. The Balaban J connectivity index is 1.63. The van der Waals surface area contributed by atoms with E-state index in [-0.39, 0.29) is 5.91 Å². The standard InChI is InChI=1S/C20H26N2O2/c1-3-16-7-9-18(10-8-16)22-20(23)12-14-21-13-11-17-5-4-6-19(15-17)24-2/h4-10,15,21H,3,11-14H2,1-2H3,(H,22,23). The van der Waals surface area contributed by atoms with Crippen molar-refractivity contribution in [1.82, 2.24) is 5.32 Å². The minimum absolute atomic E-state index is 0.0353. The molecule has 2 aromatic carbocycles. The van der Waals surface area contributed by atoms with Crippen LogP contribution >= 0.6 is 0 Å². The van der Waals surface area contributed by atoms with E-state index < -0.39 is 0 Å². The van der Waals surface area contributed by atoms with Crippen molar-refractivity contribution in [3.8, 4) is 5.75 Å². The minimum Gasteiger partial charge on any atom is -0.497 e. The first-order chi connectivity index (χ1) is 11.7. The molecule has 4 nitrogen and oxygen atoms in total. The highest BCUT2D eigenvalue weighted by molar-refractivity contribution is 5.90. The Morgan fingerprint density at radius 1 is 1.04 bits per heavy atom. The van der Waals surface area contributed by atoms with Gasteiger partial charge in [0, 0.05) is 18.7 Å². The summed E-state index contributed by atoms with van der Waals surface area (Å²) in [5, 5.41) is 6.23. The summed E-state index contributed by atoms with van der Waals surface area (Å²) >= 11 is 0. The number of carbonyl (C=O) groups is 1. The van der Waals surface area contributed by atoms with Gasteiger partial charge in [0.05, 0.1) is 7.11 Å². The molecule has 0 atom stereocenters. The lowest BCUT2D eigenvalue weighted by Gasteiger charge is -2.08. The summed E-state index contributed by atoms with van der Waals surface area (Å²) in [7, 11) is 1.67. The van der Waals surface area contributed by atoms with E-state index in [2.05, 4.69) is 23.6 Å². The van der Waals surface area contributed by atoms with E-state index in [1.54, 1.807) is 7.11 Å². The molecule has 0 unspecified atom stereocenters. The van der Waals surface area contributed by atoms with Crippen molar-refractivity contribution in [1.29, 1.82) is 0 Å². The summed E-state index contributed by atoms with van der Waals surface area (Å²) in [5.74, 6) is 0.911. The molecule has 0 aliphatic carbocycles. The fraction of sp³-hybridized carbons (Fsp3) is 0.350. The third-order valence-electron chi connectivity index (χ3n) is 3.90. The quantitative estimate of drug-likeness (QED) is 0.694. The number of hydrogen-bond acceptors (Lipinski definition) is 3. The molecular weight excluding hydrogens is 300 g/mol. The molecule has 0 aliphatic rings. The predicted octanol–water partition coefficient (Wildman–Crippen LogP) is 3.42. The topological polar surface area (TPSA) is 50.4 Å². The van der Waals surface area contributed by atoms with Gasteiger partial charge in [-0.05, 0) is 54.8 Å². The van der Waals surface area contributed by atoms with Crippen molar-refractivity contribution in [2.45, 2.75) is 26.2 Å². The van der Waals surface area contributed by atoms with Crippen LogP contribution in [0.25, 0.3) is 0 Å². The van der Waals surface area contributed by atoms with E-state index in [4.69, 9.17) is 4.74 Å². The Kier molecular flexibility index (Phi) is 7.30. The number of amides is 1. The third kappa shape index (κ3) is 6.05. The molecule has 2 rings (SSSR count). The summed E-state index contributed by atoms with van der Waals surface area (Å²) < 4.78 is 5.21. The van der Waals surface area contributed by atoms with Gasteiger partial charge < -0.3 is 15.4 Å². The Bertz CT molecular complexity index is 638. The van der Waals surface area contributed by atoms with Gasteiger partial charge in [0.1, 0.15) is 5.75 Å². The van der Waals surface area contributed by atoms with Gasteiger partial charge in [0.2, 0.25) is 5.91 Å². The van der Waals surface area contributed by atoms with E-state index in [0.29, 0.717) is 13.0 Å². The van der Waals surface area contributed by atoms with E-state index in [1.807, 2.05) is 42.5 Å². The highest BCUT2D eigenvalue weighted by Gasteiger charge is 2.02. The molecule has 24 heavy (non-hydrogen) atoms. The van der Waals surface area contributed by atoms with E-state index in [9.17, 15) is 4.79 Å². The van der Waals surface area contributed by atoms with Crippen molar-refractivity contribution in [2.75, 3.05) is 25.5 Å². The molecule has 0 heterocycles. The Hall–Kier alpha value is -2.33. The van der Waals surface area contributed by atoms with Crippen molar-refractivity contribution < 1.29 is 9.53 Å². The number of benzene rings is 2. The van der Waals surface area contributed by atoms with Crippen LogP contribution in [0.2, 0.25) is 0 Å². The number of aryl methyl sites for hydroxylation is 1. The lowest BCUT2D eigenvalue weighted by Crippen LogP contribution is -2.23. The molecule has 2 N–H and O–H groups in total. The fourth-order valence-electron chi connectivity index (χ4n) is 2.43. The molecule has 0 aliphatic heterocycles. The van der Waals surface area contributed by atoms with E-state index >= 15 is 0 Å². The maximum absolute atomic E-state index is 11.9. The number of rotatable bonds is 9. The molecule has 128 valence electrons. The van der Waals surface area contributed by atoms with Gasteiger partial charge in [-0.25, -0.2) is 0 Å². The summed E-state index contributed by atoms with van der Waals surface area (Å²) in [4.78, 5) is 11.9. The molecule has 0 saturated heterocycles. The number of carbonyl (C=O) groups excluding carboxylic acids is 1. The van der Waals surface area contributed by atoms with Crippen molar-refractivity contribution in [3.63, 3.8) is 0 Å². The molecule has 0 bridgehead atoms. The lowest BCUT2D eigenvalue weighted by molar-refractivity contribution is -0.116.